The number of aromatic nitrogens is 2. The van der Waals surface area contributed by atoms with Crippen molar-refractivity contribution in [2.75, 3.05) is 25.1 Å². The van der Waals surface area contributed by atoms with Crippen LogP contribution < -0.4 is 5.32 Å². The van der Waals surface area contributed by atoms with E-state index in [9.17, 15) is 14.7 Å². The van der Waals surface area contributed by atoms with E-state index in [1.807, 2.05) is 13.0 Å². The lowest BCUT2D eigenvalue weighted by atomic mass is 10.1. The maximum absolute atomic E-state index is 12.8. The summed E-state index contributed by atoms with van der Waals surface area (Å²) < 4.78 is 5.39. The molecule has 2 aliphatic heterocycles. The molecule has 154 valence electrons. The van der Waals surface area contributed by atoms with Crippen LogP contribution in [0, 0.1) is 6.92 Å². The number of carboxylic acids is 1. The fourth-order valence-corrected chi connectivity index (χ4v) is 4.87. The van der Waals surface area contributed by atoms with Crippen LogP contribution in [-0.4, -0.2) is 63.7 Å². The van der Waals surface area contributed by atoms with Gasteiger partial charge in [0.15, 0.2) is 0 Å². The Morgan fingerprint density at radius 2 is 2.17 bits per heavy atom. The van der Waals surface area contributed by atoms with Crippen LogP contribution in [0.25, 0.3) is 10.6 Å². The molecule has 0 saturated carbocycles. The standard InChI is InChI=1S/C20H24N4O4S/c1-11-10-21-20(22-13-4-7-28-8-5-13)23-17(11)16-9-14-15(29-16)3-6-24(18(14)25)12(2)19(26)27/h9-10,12-13H,3-8H2,1-2H3,(H,26,27)(H,21,22,23). The molecule has 0 bridgehead atoms. The van der Waals surface area contributed by atoms with Crippen LogP contribution in [0.4, 0.5) is 5.95 Å². The molecule has 0 spiro atoms. The average molecular weight is 417 g/mol. The van der Waals surface area contributed by atoms with E-state index >= 15 is 0 Å². The van der Waals surface area contributed by atoms with Crippen molar-refractivity contribution in [2.24, 2.45) is 0 Å². The average Bonchev–Trinajstić information content (AvgIpc) is 3.15. The molecule has 0 aromatic carbocycles. The second-order valence-corrected chi connectivity index (χ2v) is 8.60. The molecule has 2 aliphatic rings. The molecule has 2 aromatic rings. The minimum absolute atomic E-state index is 0.226. The molecule has 9 heteroatoms. The number of aliphatic carboxylic acids is 1. The summed E-state index contributed by atoms with van der Waals surface area (Å²) in [6, 6.07) is 1.30. The van der Waals surface area contributed by atoms with E-state index in [0.717, 1.165) is 47.1 Å². The highest BCUT2D eigenvalue weighted by Gasteiger charge is 2.33. The van der Waals surface area contributed by atoms with Gasteiger partial charge in [-0.3, -0.25) is 4.79 Å². The van der Waals surface area contributed by atoms with Gasteiger partial charge in [0.25, 0.3) is 5.91 Å². The summed E-state index contributed by atoms with van der Waals surface area (Å²) in [6.07, 6.45) is 4.29. The molecular weight excluding hydrogens is 392 g/mol. The van der Waals surface area contributed by atoms with Crippen molar-refractivity contribution >= 4 is 29.2 Å². The van der Waals surface area contributed by atoms with Crippen LogP contribution in [0.1, 0.15) is 40.6 Å². The SMILES string of the molecule is Cc1cnc(NC2CCOCC2)nc1-c1cc2c(s1)CCN(C(C)C(=O)O)C2=O. The number of ether oxygens (including phenoxy) is 1. The molecule has 1 fully saturated rings. The summed E-state index contributed by atoms with van der Waals surface area (Å²) in [4.78, 5) is 36.6. The van der Waals surface area contributed by atoms with Gasteiger partial charge in [0.05, 0.1) is 16.1 Å². The summed E-state index contributed by atoms with van der Waals surface area (Å²) in [5, 5.41) is 12.6. The molecule has 1 unspecified atom stereocenters. The molecule has 2 N–H and O–H groups in total. The van der Waals surface area contributed by atoms with Gasteiger partial charge in [-0.05, 0) is 38.3 Å². The Balaban J connectivity index is 1.60. The van der Waals surface area contributed by atoms with Gasteiger partial charge in [-0.1, -0.05) is 0 Å². The van der Waals surface area contributed by atoms with Crippen LogP contribution in [0.2, 0.25) is 0 Å². The third-order valence-electron chi connectivity index (χ3n) is 5.46. The lowest BCUT2D eigenvalue weighted by Gasteiger charge is -2.29. The van der Waals surface area contributed by atoms with Crippen LogP contribution in [0.3, 0.4) is 0 Å². The normalized spacial score (nSPS) is 18.4. The number of carbonyl (C=O) groups excluding carboxylic acids is 1. The van der Waals surface area contributed by atoms with Crippen LogP contribution >= 0.6 is 11.3 Å². The Labute approximate surface area is 172 Å². The molecule has 2 aromatic heterocycles. The first-order chi connectivity index (χ1) is 13.9. The second-order valence-electron chi connectivity index (χ2n) is 7.47. The largest absolute Gasteiger partial charge is 0.480 e. The fraction of sp³-hybridized carbons (Fsp3) is 0.500. The van der Waals surface area contributed by atoms with E-state index in [1.165, 1.54) is 4.90 Å². The highest BCUT2D eigenvalue weighted by atomic mass is 32.1. The number of aryl methyl sites for hydroxylation is 1. The van der Waals surface area contributed by atoms with Crippen molar-refractivity contribution in [1.29, 1.82) is 0 Å². The predicted molar refractivity (Wildman–Crippen MR) is 109 cm³/mol. The van der Waals surface area contributed by atoms with Crippen LogP contribution in [0.15, 0.2) is 12.3 Å². The molecule has 0 aliphatic carbocycles. The molecule has 0 radical (unpaired) electrons. The van der Waals surface area contributed by atoms with E-state index < -0.39 is 12.0 Å². The molecule has 1 saturated heterocycles. The van der Waals surface area contributed by atoms with Gasteiger partial charge in [-0.15, -0.1) is 11.3 Å². The quantitative estimate of drug-likeness (QED) is 0.772. The summed E-state index contributed by atoms with van der Waals surface area (Å²) in [7, 11) is 0. The molecular formula is C20H24N4O4S. The van der Waals surface area contributed by atoms with E-state index in [0.29, 0.717) is 30.5 Å². The number of hydrogen-bond donors (Lipinski definition) is 2. The maximum Gasteiger partial charge on any atom is 0.326 e. The van der Waals surface area contributed by atoms with Gasteiger partial charge in [0, 0.05) is 43.3 Å². The van der Waals surface area contributed by atoms with Crippen molar-refractivity contribution in [3.05, 3.63) is 28.3 Å². The van der Waals surface area contributed by atoms with Crippen molar-refractivity contribution < 1.29 is 19.4 Å². The lowest BCUT2D eigenvalue weighted by molar-refractivity contribution is -0.141. The van der Waals surface area contributed by atoms with Crippen molar-refractivity contribution in [2.45, 2.75) is 45.2 Å². The third-order valence-corrected chi connectivity index (χ3v) is 6.67. The summed E-state index contributed by atoms with van der Waals surface area (Å²) in [6.45, 7) is 5.38. The number of nitrogens with one attached hydrogen (secondary N) is 1. The topological polar surface area (TPSA) is 105 Å². The highest BCUT2D eigenvalue weighted by molar-refractivity contribution is 7.15. The third kappa shape index (κ3) is 3.97. The first kappa shape index (κ1) is 19.8. The van der Waals surface area contributed by atoms with Gasteiger partial charge >= 0.3 is 5.97 Å². The zero-order valence-electron chi connectivity index (χ0n) is 16.5. The number of fused-ring (bicyclic) bond motifs is 1. The number of carbonyl (C=O) groups is 2. The Bertz CT molecular complexity index is 939. The summed E-state index contributed by atoms with van der Waals surface area (Å²) in [5.41, 5.74) is 2.32. The first-order valence-corrected chi connectivity index (χ1v) is 10.6. The Hall–Kier alpha value is -2.52. The van der Waals surface area contributed by atoms with Gasteiger partial charge < -0.3 is 20.1 Å². The predicted octanol–water partition coefficient (Wildman–Crippen LogP) is 2.58. The number of rotatable bonds is 5. The minimum atomic E-state index is -0.993. The number of anilines is 1. The second kappa shape index (κ2) is 8.08. The molecule has 4 heterocycles. The van der Waals surface area contributed by atoms with Crippen LogP contribution in [0.5, 0.6) is 0 Å². The number of hydrogen-bond acceptors (Lipinski definition) is 7. The van der Waals surface area contributed by atoms with Gasteiger partial charge in [0.2, 0.25) is 5.95 Å². The van der Waals surface area contributed by atoms with Crippen LogP contribution in [-0.2, 0) is 16.0 Å². The number of nitrogens with zero attached hydrogens (tertiary/aromatic N) is 3. The summed E-state index contributed by atoms with van der Waals surface area (Å²) >= 11 is 1.55. The highest BCUT2D eigenvalue weighted by Crippen LogP contribution is 2.36. The Kier molecular flexibility index (Phi) is 5.51. The van der Waals surface area contributed by atoms with Crippen molar-refractivity contribution in [3.63, 3.8) is 0 Å². The molecule has 8 nitrogen and oxygen atoms in total. The van der Waals surface area contributed by atoms with Gasteiger partial charge in [-0.2, -0.15) is 0 Å². The van der Waals surface area contributed by atoms with E-state index in [4.69, 9.17) is 9.72 Å². The summed E-state index contributed by atoms with van der Waals surface area (Å²) in [5.74, 6) is -0.639. The lowest BCUT2D eigenvalue weighted by Crippen LogP contribution is -2.46. The number of thiophene rings is 1. The Morgan fingerprint density at radius 3 is 2.90 bits per heavy atom. The Morgan fingerprint density at radius 1 is 1.41 bits per heavy atom. The first-order valence-electron chi connectivity index (χ1n) is 9.79. The van der Waals surface area contributed by atoms with Gasteiger partial charge in [0.1, 0.15) is 6.04 Å². The van der Waals surface area contributed by atoms with E-state index in [2.05, 4.69) is 10.3 Å². The van der Waals surface area contributed by atoms with E-state index in [-0.39, 0.29) is 5.91 Å². The number of amides is 1. The van der Waals surface area contributed by atoms with Gasteiger partial charge in [-0.25, -0.2) is 14.8 Å². The van der Waals surface area contributed by atoms with Crippen molar-refractivity contribution in [3.8, 4) is 10.6 Å². The molecule has 1 amide bonds. The smallest absolute Gasteiger partial charge is 0.326 e. The molecule has 29 heavy (non-hydrogen) atoms. The number of carboxylic acid groups (broad SMARTS) is 1. The fourth-order valence-electron chi connectivity index (χ4n) is 3.68. The molecule has 4 rings (SSSR count). The minimum Gasteiger partial charge on any atom is -0.480 e. The van der Waals surface area contributed by atoms with E-state index in [1.54, 1.807) is 24.5 Å². The zero-order chi connectivity index (χ0) is 20.5. The maximum atomic E-state index is 12.8. The zero-order valence-corrected chi connectivity index (χ0v) is 17.3. The monoisotopic (exact) mass is 416 g/mol. The van der Waals surface area contributed by atoms with Crippen molar-refractivity contribution in [1.82, 2.24) is 14.9 Å². The molecule has 1 atom stereocenters.